The number of hydrogen-bond donors (Lipinski definition) is 0. The highest BCUT2D eigenvalue weighted by atomic mass is 14.3. The molecule has 0 unspecified atom stereocenters. The first-order valence-electron chi connectivity index (χ1n) is 8.17. The van der Waals surface area contributed by atoms with Crippen LogP contribution in [0.3, 0.4) is 0 Å². The molecule has 24 heavy (non-hydrogen) atoms. The molecule has 0 saturated heterocycles. The molecule has 0 aromatic heterocycles. The highest BCUT2D eigenvalue weighted by molar-refractivity contribution is 6.09. The molecule has 0 N–H and O–H groups in total. The largest absolute Gasteiger partial charge is 0.0991 e. The minimum Gasteiger partial charge on any atom is -0.0991 e. The fraction of sp³-hybridized carbons (Fsp3) is 0. The summed E-state index contributed by atoms with van der Waals surface area (Å²) in [6.07, 6.45) is 9.87. The summed E-state index contributed by atoms with van der Waals surface area (Å²) in [4.78, 5) is 0. The summed E-state index contributed by atoms with van der Waals surface area (Å²) in [5.41, 5.74) is 9.24. The van der Waals surface area contributed by atoms with Gasteiger partial charge >= 0.3 is 0 Å². The Hall–Kier alpha value is -3.12. The van der Waals surface area contributed by atoms with Gasteiger partial charge in [-0.05, 0) is 45.0 Å². The molecule has 0 nitrogen and oxygen atoms in total. The summed E-state index contributed by atoms with van der Waals surface area (Å²) in [6, 6.07) is 23.9. The van der Waals surface area contributed by atoms with Crippen LogP contribution < -0.4 is 0 Å². The Morgan fingerprint density at radius 1 is 0.625 bits per heavy atom. The van der Waals surface area contributed by atoms with Gasteiger partial charge in [-0.2, -0.15) is 0 Å². The molecule has 0 spiro atoms. The van der Waals surface area contributed by atoms with Gasteiger partial charge in [0.1, 0.15) is 0 Å². The molecule has 1 aliphatic rings. The van der Waals surface area contributed by atoms with Gasteiger partial charge in [-0.1, -0.05) is 97.6 Å². The molecule has 0 atom stereocenters. The van der Waals surface area contributed by atoms with Crippen LogP contribution in [0.25, 0.3) is 39.5 Å². The van der Waals surface area contributed by atoms with Crippen molar-refractivity contribution in [3.8, 4) is 33.4 Å². The van der Waals surface area contributed by atoms with Gasteiger partial charge < -0.3 is 0 Å². The van der Waals surface area contributed by atoms with Gasteiger partial charge in [-0.15, -0.1) is 0 Å². The molecule has 0 saturated carbocycles. The van der Waals surface area contributed by atoms with Crippen LogP contribution >= 0.6 is 0 Å². The molecule has 0 heteroatoms. The lowest BCUT2D eigenvalue weighted by atomic mass is 9.76. The number of rotatable bonds is 4. The molecule has 3 aromatic rings. The van der Waals surface area contributed by atoms with Crippen LogP contribution in [0.2, 0.25) is 0 Å². The Balaban J connectivity index is 1.72. The third kappa shape index (κ3) is 2.43. The minimum absolute atomic E-state index is 1.22. The molecule has 0 amide bonds. The van der Waals surface area contributed by atoms with Crippen molar-refractivity contribution in [3.63, 3.8) is 0 Å². The number of fused-ring (bicyclic) bond motifs is 4. The predicted molar refractivity (Wildman–Crippen MR) is 105 cm³/mol. The molecule has 0 radical (unpaired) electrons. The second-order valence-electron chi connectivity index (χ2n) is 5.88. The molecule has 4 rings (SSSR count). The summed E-state index contributed by atoms with van der Waals surface area (Å²) in [7, 11) is 0. The van der Waals surface area contributed by atoms with Crippen LogP contribution in [0, 0.1) is 0 Å². The third-order valence-corrected chi connectivity index (χ3v) is 4.40. The molecule has 114 valence electrons. The highest BCUT2D eigenvalue weighted by Crippen LogP contribution is 2.51. The van der Waals surface area contributed by atoms with Gasteiger partial charge in [0.05, 0.1) is 0 Å². The fourth-order valence-electron chi connectivity index (χ4n) is 3.28. The van der Waals surface area contributed by atoms with Crippen LogP contribution in [0.4, 0.5) is 0 Å². The van der Waals surface area contributed by atoms with E-state index in [1.807, 2.05) is 18.2 Å². The highest BCUT2D eigenvalue weighted by Gasteiger charge is 2.25. The zero-order valence-electron chi connectivity index (χ0n) is 13.4. The van der Waals surface area contributed by atoms with Crippen LogP contribution in [-0.4, -0.2) is 0 Å². The van der Waals surface area contributed by atoms with Gasteiger partial charge in [0.2, 0.25) is 0 Å². The Labute approximate surface area is 143 Å². The fourth-order valence-corrected chi connectivity index (χ4v) is 3.28. The minimum atomic E-state index is 1.22. The maximum atomic E-state index is 3.68. The van der Waals surface area contributed by atoms with Crippen LogP contribution in [0.1, 0.15) is 5.56 Å². The predicted octanol–water partition coefficient (Wildman–Crippen LogP) is 6.76. The van der Waals surface area contributed by atoms with Crippen molar-refractivity contribution >= 4 is 6.08 Å². The summed E-state index contributed by atoms with van der Waals surface area (Å²) < 4.78 is 0. The maximum Gasteiger partial charge on any atom is -0.00204 e. The summed E-state index contributed by atoms with van der Waals surface area (Å²) in [5, 5.41) is 0. The van der Waals surface area contributed by atoms with Crippen molar-refractivity contribution in [1.82, 2.24) is 0 Å². The normalized spacial score (nSPS) is 12.0. The number of hydrogen-bond acceptors (Lipinski definition) is 0. The van der Waals surface area contributed by atoms with Gasteiger partial charge in [-0.3, -0.25) is 0 Å². The molecule has 0 heterocycles. The van der Waals surface area contributed by atoms with E-state index in [0.29, 0.717) is 0 Å². The van der Waals surface area contributed by atoms with E-state index in [0.717, 1.165) is 0 Å². The quantitative estimate of drug-likeness (QED) is 0.365. The van der Waals surface area contributed by atoms with Crippen molar-refractivity contribution in [2.45, 2.75) is 0 Å². The van der Waals surface area contributed by atoms with E-state index in [9.17, 15) is 0 Å². The molecule has 1 aliphatic carbocycles. The molecule has 0 bridgehead atoms. The first-order valence-corrected chi connectivity index (χ1v) is 8.17. The molecule has 0 fully saturated rings. The Kier molecular flexibility index (Phi) is 3.72. The van der Waals surface area contributed by atoms with Gasteiger partial charge in [0, 0.05) is 0 Å². The zero-order chi connectivity index (χ0) is 16.4. The average molecular weight is 306 g/mol. The Morgan fingerprint density at radius 3 is 2.29 bits per heavy atom. The zero-order valence-corrected chi connectivity index (χ0v) is 13.4. The second-order valence-corrected chi connectivity index (χ2v) is 5.88. The van der Waals surface area contributed by atoms with E-state index in [-0.39, 0.29) is 0 Å². The van der Waals surface area contributed by atoms with Crippen molar-refractivity contribution in [2.75, 3.05) is 0 Å². The van der Waals surface area contributed by atoms with Gasteiger partial charge in [0.25, 0.3) is 0 Å². The van der Waals surface area contributed by atoms with E-state index in [1.165, 1.54) is 38.9 Å². The lowest BCUT2D eigenvalue weighted by Crippen LogP contribution is -2.01. The van der Waals surface area contributed by atoms with E-state index in [4.69, 9.17) is 0 Å². The van der Waals surface area contributed by atoms with Gasteiger partial charge in [-0.25, -0.2) is 0 Å². The van der Waals surface area contributed by atoms with Crippen LogP contribution in [0.5, 0.6) is 0 Å². The SMILES string of the molecule is C=CC=CC=Cc1ccc2c(c1)-c1cccc(-c3ccccc3)c1-2. The lowest BCUT2D eigenvalue weighted by molar-refractivity contribution is 1.49. The van der Waals surface area contributed by atoms with E-state index in [2.05, 4.69) is 79.4 Å². The van der Waals surface area contributed by atoms with Gasteiger partial charge in [0.15, 0.2) is 0 Å². The van der Waals surface area contributed by atoms with E-state index >= 15 is 0 Å². The number of allylic oxidation sites excluding steroid dienone is 4. The lowest BCUT2D eigenvalue weighted by Gasteiger charge is -2.27. The first kappa shape index (κ1) is 14.5. The van der Waals surface area contributed by atoms with Crippen molar-refractivity contribution < 1.29 is 0 Å². The monoisotopic (exact) mass is 306 g/mol. The topological polar surface area (TPSA) is 0 Å². The molecular formula is C24H18. The second kappa shape index (κ2) is 6.17. The van der Waals surface area contributed by atoms with Crippen molar-refractivity contribution in [2.24, 2.45) is 0 Å². The van der Waals surface area contributed by atoms with Crippen molar-refractivity contribution in [1.29, 1.82) is 0 Å². The standard InChI is InChI=1S/C24H18/c1-2-3-4-6-10-18-15-16-22-23(17-18)21-14-9-13-20(24(21)22)19-11-7-5-8-12-19/h2-17H,1H2. The van der Waals surface area contributed by atoms with E-state index in [1.54, 1.807) is 6.08 Å². The summed E-state index contributed by atoms with van der Waals surface area (Å²) in [5.74, 6) is 0. The molecule has 0 aliphatic heterocycles. The number of benzene rings is 3. The average Bonchev–Trinajstić information content (AvgIpc) is 2.63. The molecular weight excluding hydrogens is 288 g/mol. The van der Waals surface area contributed by atoms with Crippen molar-refractivity contribution in [3.05, 3.63) is 103 Å². The summed E-state index contributed by atoms with van der Waals surface area (Å²) in [6.45, 7) is 3.68. The Bertz CT molecular complexity index is 957. The van der Waals surface area contributed by atoms with E-state index < -0.39 is 0 Å². The van der Waals surface area contributed by atoms with Crippen LogP contribution in [-0.2, 0) is 0 Å². The first-order chi connectivity index (χ1) is 11.9. The Morgan fingerprint density at radius 2 is 1.46 bits per heavy atom. The molecule has 3 aromatic carbocycles. The third-order valence-electron chi connectivity index (χ3n) is 4.40. The maximum absolute atomic E-state index is 3.68. The smallest absolute Gasteiger partial charge is 0.00204 e. The summed E-state index contributed by atoms with van der Waals surface area (Å²) >= 11 is 0. The van der Waals surface area contributed by atoms with Crippen LogP contribution in [0.15, 0.2) is 97.6 Å².